The van der Waals surface area contributed by atoms with Gasteiger partial charge in [0.25, 0.3) is 0 Å². The number of hydrogen-bond acceptors (Lipinski definition) is 4. The average Bonchev–Trinajstić information content (AvgIpc) is 2.88. The lowest BCUT2D eigenvalue weighted by molar-refractivity contribution is -0.143. The molecule has 0 unspecified atom stereocenters. The molecule has 0 aromatic heterocycles. The number of hydrogen-bond donors (Lipinski definition) is 1. The maximum atomic E-state index is 13.5. The molecule has 0 saturated carbocycles. The fourth-order valence-electron chi connectivity index (χ4n) is 2.37. The summed E-state index contributed by atoms with van der Waals surface area (Å²) in [6.07, 6.45) is 1.50. The van der Waals surface area contributed by atoms with Crippen LogP contribution in [0.15, 0.2) is 18.2 Å². The summed E-state index contributed by atoms with van der Waals surface area (Å²) >= 11 is 0. The number of rotatable bonds is 6. The van der Waals surface area contributed by atoms with Crippen molar-refractivity contribution in [1.82, 2.24) is 5.32 Å². The fraction of sp³-hybridized carbons (Fsp3) is 0.533. The minimum absolute atomic E-state index is 0.0502. The first-order valence-electron chi connectivity index (χ1n) is 7.09. The lowest BCUT2D eigenvalue weighted by Gasteiger charge is -2.13. The first-order valence-corrected chi connectivity index (χ1v) is 7.09. The number of carbonyl (C=O) groups excluding carboxylic acids is 1. The highest BCUT2D eigenvalue weighted by atomic mass is 19.1. The van der Waals surface area contributed by atoms with E-state index in [1.54, 1.807) is 6.92 Å². The normalized spacial score (nSPS) is 21.3. The zero-order valence-electron chi connectivity index (χ0n) is 11.9. The summed E-state index contributed by atoms with van der Waals surface area (Å²) in [5.41, 5.74) is 0. The Morgan fingerprint density at radius 1 is 1.43 bits per heavy atom. The standard InChI is InChI=1S/C15H19F2NO3/c1-2-20-15(19)6-4-11-8-12(9-18-11)21-14-5-3-10(16)7-13(14)17/h3,5,7,11-12,18H,2,4,6,8-9H2,1H3/t11-,12+/m1/s1. The fourth-order valence-corrected chi connectivity index (χ4v) is 2.37. The van der Waals surface area contributed by atoms with Crippen molar-refractivity contribution in [1.29, 1.82) is 0 Å². The Hall–Kier alpha value is -1.69. The molecular formula is C15H19F2NO3. The molecule has 2 rings (SSSR count). The molecule has 1 aromatic carbocycles. The smallest absolute Gasteiger partial charge is 0.305 e. The molecule has 1 aliphatic heterocycles. The highest BCUT2D eigenvalue weighted by Crippen LogP contribution is 2.22. The third-order valence-corrected chi connectivity index (χ3v) is 3.37. The highest BCUT2D eigenvalue weighted by molar-refractivity contribution is 5.69. The number of nitrogens with one attached hydrogen (secondary N) is 1. The molecule has 1 aromatic rings. The first kappa shape index (κ1) is 15.7. The van der Waals surface area contributed by atoms with E-state index in [4.69, 9.17) is 9.47 Å². The minimum atomic E-state index is -0.704. The van der Waals surface area contributed by atoms with E-state index in [9.17, 15) is 13.6 Å². The van der Waals surface area contributed by atoms with Gasteiger partial charge in [-0.2, -0.15) is 0 Å². The van der Waals surface area contributed by atoms with Crippen LogP contribution in [0, 0.1) is 11.6 Å². The first-order chi connectivity index (χ1) is 10.1. The molecule has 0 amide bonds. The third kappa shape index (κ3) is 4.67. The second-order valence-electron chi connectivity index (χ2n) is 5.00. The molecular weight excluding hydrogens is 280 g/mol. The maximum Gasteiger partial charge on any atom is 0.305 e. The summed E-state index contributed by atoms with van der Waals surface area (Å²) in [7, 11) is 0. The van der Waals surface area contributed by atoms with Crippen LogP contribution in [0.5, 0.6) is 5.75 Å². The van der Waals surface area contributed by atoms with E-state index >= 15 is 0 Å². The van der Waals surface area contributed by atoms with Gasteiger partial charge in [0.1, 0.15) is 11.9 Å². The maximum absolute atomic E-state index is 13.5. The van der Waals surface area contributed by atoms with Crippen LogP contribution in [0.4, 0.5) is 8.78 Å². The van der Waals surface area contributed by atoms with E-state index in [0.29, 0.717) is 32.4 Å². The molecule has 0 aliphatic carbocycles. The van der Waals surface area contributed by atoms with Gasteiger partial charge in [0.2, 0.25) is 0 Å². The van der Waals surface area contributed by atoms with E-state index in [-0.39, 0.29) is 23.9 Å². The van der Waals surface area contributed by atoms with Crippen molar-refractivity contribution in [3.63, 3.8) is 0 Å². The molecule has 2 atom stereocenters. The highest BCUT2D eigenvalue weighted by Gasteiger charge is 2.26. The Labute approximate surface area is 122 Å². The summed E-state index contributed by atoms with van der Waals surface area (Å²) in [4.78, 5) is 11.3. The molecule has 116 valence electrons. The van der Waals surface area contributed by atoms with Crippen LogP contribution < -0.4 is 10.1 Å². The van der Waals surface area contributed by atoms with Crippen LogP contribution in [-0.2, 0) is 9.53 Å². The second-order valence-corrected chi connectivity index (χ2v) is 5.00. The van der Waals surface area contributed by atoms with Crippen LogP contribution in [0.1, 0.15) is 26.2 Å². The number of ether oxygens (including phenoxy) is 2. The van der Waals surface area contributed by atoms with Gasteiger partial charge in [-0.25, -0.2) is 8.78 Å². The molecule has 1 heterocycles. The van der Waals surface area contributed by atoms with Gasteiger partial charge >= 0.3 is 5.97 Å². The SMILES string of the molecule is CCOC(=O)CC[C@@H]1C[C@H](Oc2ccc(F)cc2F)CN1. The van der Waals surface area contributed by atoms with Crippen molar-refractivity contribution in [2.45, 2.75) is 38.3 Å². The van der Waals surface area contributed by atoms with Gasteiger partial charge < -0.3 is 14.8 Å². The van der Waals surface area contributed by atoms with E-state index < -0.39 is 11.6 Å². The van der Waals surface area contributed by atoms with Crippen LogP contribution >= 0.6 is 0 Å². The summed E-state index contributed by atoms with van der Waals surface area (Å²) in [5.74, 6) is -1.50. The number of benzene rings is 1. The second kappa shape index (κ2) is 7.36. The molecule has 21 heavy (non-hydrogen) atoms. The van der Waals surface area contributed by atoms with Crippen molar-refractivity contribution in [2.75, 3.05) is 13.2 Å². The molecule has 0 spiro atoms. The minimum Gasteiger partial charge on any atom is -0.486 e. The topological polar surface area (TPSA) is 47.6 Å². The van der Waals surface area contributed by atoms with E-state index in [1.165, 1.54) is 12.1 Å². The quantitative estimate of drug-likeness (QED) is 0.820. The van der Waals surface area contributed by atoms with E-state index in [0.717, 1.165) is 6.07 Å². The molecule has 4 nitrogen and oxygen atoms in total. The van der Waals surface area contributed by atoms with E-state index in [1.807, 2.05) is 0 Å². The lowest BCUT2D eigenvalue weighted by Crippen LogP contribution is -2.23. The Morgan fingerprint density at radius 2 is 2.24 bits per heavy atom. The van der Waals surface area contributed by atoms with Gasteiger partial charge in [-0.05, 0) is 25.5 Å². The number of halogens is 2. The van der Waals surface area contributed by atoms with Gasteiger partial charge in [0.15, 0.2) is 11.6 Å². The zero-order valence-corrected chi connectivity index (χ0v) is 11.9. The number of carbonyl (C=O) groups is 1. The molecule has 1 N–H and O–H groups in total. The van der Waals surface area contributed by atoms with Crippen LogP contribution in [0.2, 0.25) is 0 Å². The van der Waals surface area contributed by atoms with Crippen molar-refractivity contribution in [2.24, 2.45) is 0 Å². The lowest BCUT2D eigenvalue weighted by atomic mass is 10.1. The largest absolute Gasteiger partial charge is 0.486 e. The third-order valence-electron chi connectivity index (χ3n) is 3.37. The van der Waals surface area contributed by atoms with Crippen LogP contribution in [0.25, 0.3) is 0 Å². The van der Waals surface area contributed by atoms with E-state index in [2.05, 4.69) is 5.32 Å². The monoisotopic (exact) mass is 299 g/mol. The van der Waals surface area contributed by atoms with Crippen LogP contribution in [0.3, 0.4) is 0 Å². The Bertz CT molecular complexity index is 496. The van der Waals surface area contributed by atoms with Gasteiger partial charge in [-0.1, -0.05) is 0 Å². The molecule has 0 bridgehead atoms. The molecule has 1 aliphatic rings. The van der Waals surface area contributed by atoms with Crippen molar-refractivity contribution in [3.8, 4) is 5.75 Å². The predicted octanol–water partition coefficient (Wildman–Crippen LogP) is 2.42. The van der Waals surface area contributed by atoms with Crippen LogP contribution in [-0.4, -0.2) is 31.3 Å². The summed E-state index contributed by atoms with van der Waals surface area (Å²) in [6, 6.07) is 3.40. The van der Waals surface area contributed by atoms with Gasteiger partial charge in [-0.15, -0.1) is 0 Å². The Balaban J connectivity index is 1.78. The van der Waals surface area contributed by atoms with Crippen molar-refractivity contribution < 1.29 is 23.0 Å². The van der Waals surface area contributed by atoms with Crippen molar-refractivity contribution >= 4 is 5.97 Å². The molecule has 6 heteroatoms. The van der Waals surface area contributed by atoms with Gasteiger partial charge in [0.05, 0.1) is 6.61 Å². The molecule has 0 radical (unpaired) electrons. The zero-order chi connectivity index (χ0) is 15.2. The predicted molar refractivity (Wildman–Crippen MR) is 73.0 cm³/mol. The molecule has 1 fully saturated rings. The van der Waals surface area contributed by atoms with Gasteiger partial charge in [0, 0.05) is 31.5 Å². The van der Waals surface area contributed by atoms with Gasteiger partial charge in [-0.3, -0.25) is 4.79 Å². The Morgan fingerprint density at radius 3 is 2.95 bits per heavy atom. The number of esters is 1. The summed E-state index contributed by atoms with van der Waals surface area (Å²) in [6.45, 7) is 2.73. The Kier molecular flexibility index (Phi) is 5.50. The van der Waals surface area contributed by atoms with Crippen molar-refractivity contribution in [3.05, 3.63) is 29.8 Å². The summed E-state index contributed by atoms with van der Waals surface area (Å²) in [5, 5.41) is 3.23. The molecule has 1 saturated heterocycles. The average molecular weight is 299 g/mol. The summed E-state index contributed by atoms with van der Waals surface area (Å²) < 4.78 is 36.7.